The first-order valence-corrected chi connectivity index (χ1v) is 7.52. The van der Waals surface area contributed by atoms with Crippen LogP contribution in [0.1, 0.15) is 51.1 Å². The average Bonchev–Trinajstić information content (AvgIpc) is 3.11. The third-order valence-electron chi connectivity index (χ3n) is 3.55. The van der Waals surface area contributed by atoms with Gasteiger partial charge in [0, 0.05) is 12.0 Å². The van der Waals surface area contributed by atoms with Crippen LogP contribution in [0.25, 0.3) is 11.6 Å². The minimum Gasteiger partial charge on any atom is -0.443 e. The number of hydrogen-bond donors (Lipinski definition) is 2. The number of hydrogen-bond acceptors (Lipinski definition) is 4. The summed E-state index contributed by atoms with van der Waals surface area (Å²) in [6.07, 6.45) is 7.27. The number of aromatic nitrogens is 3. The highest BCUT2D eigenvalue weighted by Gasteiger charge is 2.26. The number of nitrogens with two attached hydrogens (primary N) is 1. The molecule has 6 heteroatoms. The fourth-order valence-electron chi connectivity index (χ4n) is 2.50. The summed E-state index contributed by atoms with van der Waals surface area (Å²) in [6, 6.07) is 0.328. The highest BCUT2D eigenvalue weighted by atomic mass is 35.5. The van der Waals surface area contributed by atoms with E-state index in [2.05, 4.69) is 15.2 Å². The average molecular weight is 297 g/mol. The summed E-state index contributed by atoms with van der Waals surface area (Å²) in [5, 5.41) is 7.86. The molecule has 0 unspecified atom stereocenters. The van der Waals surface area contributed by atoms with Gasteiger partial charge in [0.2, 0.25) is 5.89 Å². The minimum absolute atomic E-state index is 0.328. The quantitative estimate of drug-likeness (QED) is 0.885. The Bertz CT molecular complexity index is 515. The van der Waals surface area contributed by atoms with Crippen molar-refractivity contribution in [3.63, 3.8) is 0 Å². The third kappa shape index (κ3) is 3.04. The van der Waals surface area contributed by atoms with E-state index < -0.39 is 0 Å². The number of H-pyrrole nitrogens is 1. The van der Waals surface area contributed by atoms with Crippen molar-refractivity contribution >= 4 is 11.6 Å². The second-order valence-corrected chi connectivity index (χ2v) is 5.13. The molecular formula is C14H21ClN4O. The molecule has 0 atom stereocenters. The number of oxazole rings is 1. The van der Waals surface area contributed by atoms with E-state index in [9.17, 15) is 0 Å². The van der Waals surface area contributed by atoms with E-state index >= 15 is 0 Å². The summed E-state index contributed by atoms with van der Waals surface area (Å²) < 4.78 is 5.22. The lowest BCUT2D eigenvalue weighted by molar-refractivity contribution is 0.390. The minimum atomic E-state index is 0.328. The topological polar surface area (TPSA) is 80.7 Å². The van der Waals surface area contributed by atoms with Crippen LogP contribution in [0.5, 0.6) is 0 Å². The Balaban J connectivity index is 0.000000704. The molecule has 1 aliphatic rings. The van der Waals surface area contributed by atoms with Crippen molar-refractivity contribution in [2.45, 2.75) is 51.5 Å². The Morgan fingerprint density at radius 2 is 2.00 bits per heavy atom. The third-order valence-corrected chi connectivity index (χ3v) is 3.93. The lowest BCUT2D eigenvalue weighted by atomic mass is 9.84. The van der Waals surface area contributed by atoms with Gasteiger partial charge in [0.15, 0.2) is 5.69 Å². The molecule has 0 bridgehead atoms. The van der Waals surface area contributed by atoms with Gasteiger partial charge in [-0.15, -0.1) is 0 Å². The van der Waals surface area contributed by atoms with Crippen molar-refractivity contribution in [1.82, 2.24) is 15.2 Å². The van der Waals surface area contributed by atoms with Gasteiger partial charge in [0.25, 0.3) is 0 Å². The maximum Gasteiger partial charge on any atom is 0.248 e. The van der Waals surface area contributed by atoms with Gasteiger partial charge in [0.05, 0.1) is 16.9 Å². The standard InChI is InChI=1S/C12H15ClN4O.C2H6/c13-9-10(7-1-3-8(14)4-2-7)16-17-11(9)12-15-5-6-18-12;1-2/h5-8H,1-4,14H2,(H,16,17);1-2H3. The van der Waals surface area contributed by atoms with E-state index in [1.165, 1.54) is 6.26 Å². The molecule has 0 saturated heterocycles. The van der Waals surface area contributed by atoms with Crippen molar-refractivity contribution in [1.29, 1.82) is 0 Å². The molecule has 0 radical (unpaired) electrons. The van der Waals surface area contributed by atoms with Gasteiger partial charge in [-0.1, -0.05) is 25.4 Å². The molecule has 3 rings (SSSR count). The molecule has 1 saturated carbocycles. The van der Waals surface area contributed by atoms with Gasteiger partial charge in [0.1, 0.15) is 6.26 Å². The predicted octanol–water partition coefficient (Wildman–Crippen LogP) is 3.73. The van der Waals surface area contributed by atoms with E-state index in [4.69, 9.17) is 21.8 Å². The van der Waals surface area contributed by atoms with Gasteiger partial charge < -0.3 is 10.2 Å². The highest BCUT2D eigenvalue weighted by Crippen LogP contribution is 2.38. The van der Waals surface area contributed by atoms with Crippen molar-refractivity contribution < 1.29 is 4.42 Å². The van der Waals surface area contributed by atoms with Gasteiger partial charge in [-0.05, 0) is 25.7 Å². The Hall–Kier alpha value is -1.33. The van der Waals surface area contributed by atoms with Crippen LogP contribution in [-0.2, 0) is 0 Å². The van der Waals surface area contributed by atoms with Crippen LogP contribution >= 0.6 is 11.6 Å². The first-order chi connectivity index (χ1) is 9.75. The number of nitrogens with one attached hydrogen (secondary N) is 1. The maximum atomic E-state index is 6.36. The monoisotopic (exact) mass is 296 g/mol. The molecule has 0 spiro atoms. The van der Waals surface area contributed by atoms with E-state index in [1.54, 1.807) is 6.20 Å². The second kappa shape index (κ2) is 6.90. The van der Waals surface area contributed by atoms with E-state index in [1.807, 2.05) is 13.8 Å². The largest absolute Gasteiger partial charge is 0.443 e. The number of halogens is 1. The zero-order valence-electron chi connectivity index (χ0n) is 11.9. The molecule has 5 nitrogen and oxygen atoms in total. The van der Waals surface area contributed by atoms with Gasteiger partial charge >= 0.3 is 0 Å². The SMILES string of the molecule is CC.NC1CCC(c2[nH]nc(-c3ncco3)c2Cl)CC1. The fourth-order valence-corrected chi connectivity index (χ4v) is 2.82. The Labute approximate surface area is 123 Å². The normalized spacial score (nSPS) is 22.2. The number of rotatable bonds is 2. The lowest BCUT2D eigenvalue weighted by Gasteiger charge is -2.25. The van der Waals surface area contributed by atoms with Crippen molar-refractivity contribution in [2.75, 3.05) is 0 Å². The van der Waals surface area contributed by atoms with Crippen LogP contribution in [0, 0.1) is 0 Å². The summed E-state index contributed by atoms with van der Waals surface area (Å²) in [7, 11) is 0. The zero-order chi connectivity index (χ0) is 14.5. The molecule has 3 N–H and O–H groups in total. The molecule has 2 heterocycles. The molecule has 2 aromatic rings. The van der Waals surface area contributed by atoms with Crippen LogP contribution in [0.4, 0.5) is 0 Å². The van der Waals surface area contributed by atoms with Gasteiger partial charge in [-0.3, -0.25) is 5.10 Å². The summed E-state index contributed by atoms with van der Waals surface area (Å²) in [5.41, 5.74) is 7.48. The smallest absolute Gasteiger partial charge is 0.248 e. The predicted molar refractivity (Wildman–Crippen MR) is 79.6 cm³/mol. The summed E-state index contributed by atoms with van der Waals surface area (Å²) in [4.78, 5) is 4.06. The molecule has 1 fully saturated rings. The maximum absolute atomic E-state index is 6.36. The summed E-state index contributed by atoms with van der Waals surface area (Å²) in [5.74, 6) is 0.864. The lowest BCUT2D eigenvalue weighted by Crippen LogP contribution is -2.25. The van der Waals surface area contributed by atoms with Crippen molar-refractivity contribution in [3.05, 3.63) is 23.2 Å². The number of nitrogens with zero attached hydrogens (tertiary/aromatic N) is 2. The fraction of sp³-hybridized carbons (Fsp3) is 0.571. The van der Waals surface area contributed by atoms with Crippen LogP contribution in [0.15, 0.2) is 16.9 Å². The summed E-state index contributed by atoms with van der Waals surface area (Å²) >= 11 is 6.36. The van der Waals surface area contributed by atoms with Crippen molar-refractivity contribution in [2.24, 2.45) is 5.73 Å². The number of aromatic amines is 1. The van der Waals surface area contributed by atoms with E-state index in [0.29, 0.717) is 28.6 Å². The Kier molecular flexibility index (Phi) is 5.20. The molecule has 0 aliphatic heterocycles. The first kappa shape index (κ1) is 15.1. The van der Waals surface area contributed by atoms with Gasteiger partial charge in [-0.2, -0.15) is 5.10 Å². The highest BCUT2D eigenvalue weighted by molar-refractivity contribution is 6.33. The first-order valence-electron chi connectivity index (χ1n) is 7.15. The molecule has 0 amide bonds. The molecule has 110 valence electrons. The van der Waals surface area contributed by atoms with Crippen LogP contribution in [-0.4, -0.2) is 21.2 Å². The second-order valence-electron chi connectivity index (χ2n) is 4.75. The van der Waals surface area contributed by atoms with Crippen LogP contribution in [0.2, 0.25) is 5.02 Å². The van der Waals surface area contributed by atoms with E-state index in [-0.39, 0.29) is 0 Å². The molecule has 1 aliphatic carbocycles. The summed E-state index contributed by atoms with van der Waals surface area (Å²) in [6.45, 7) is 4.00. The Morgan fingerprint density at radius 1 is 1.30 bits per heavy atom. The zero-order valence-corrected chi connectivity index (χ0v) is 12.7. The molecule has 0 aromatic carbocycles. The molecule has 20 heavy (non-hydrogen) atoms. The van der Waals surface area contributed by atoms with Crippen LogP contribution < -0.4 is 5.73 Å². The molecular weight excluding hydrogens is 276 g/mol. The van der Waals surface area contributed by atoms with E-state index in [0.717, 1.165) is 31.4 Å². The van der Waals surface area contributed by atoms with Gasteiger partial charge in [-0.25, -0.2) is 4.98 Å². The van der Waals surface area contributed by atoms with Crippen molar-refractivity contribution in [3.8, 4) is 11.6 Å². The Morgan fingerprint density at radius 3 is 2.60 bits per heavy atom. The van der Waals surface area contributed by atoms with Crippen LogP contribution in [0.3, 0.4) is 0 Å². The molecule has 2 aromatic heterocycles.